The van der Waals surface area contributed by atoms with Crippen LogP contribution >= 0.6 is 11.3 Å². The number of furan rings is 1. The van der Waals surface area contributed by atoms with E-state index in [4.69, 9.17) is 4.42 Å². The van der Waals surface area contributed by atoms with Gasteiger partial charge in [-0.3, -0.25) is 0 Å². The van der Waals surface area contributed by atoms with Crippen molar-refractivity contribution in [3.63, 3.8) is 0 Å². The quantitative estimate of drug-likeness (QED) is 0.179. The zero-order valence-electron chi connectivity index (χ0n) is 31.4. The minimum absolute atomic E-state index is 0.124. The van der Waals surface area contributed by atoms with E-state index in [9.17, 15) is 0 Å². The average molecular weight is 736 g/mol. The first kappa shape index (κ1) is 31.9. The maximum absolute atomic E-state index is 6.50. The number of hydrogen-bond acceptors (Lipinski definition) is 3. The van der Waals surface area contributed by atoms with E-state index in [0.29, 0.717) is 0 Å². The van der Waals surface area contributed by atoms with Gasteiger partial charge < -0.3 is 9.32 Å². The van der Waals surface area contributed by atoms with Gasteiger partial charge in [0.2, 0.25) is 0 Å². The Kier molecular flexibility index (Phi) is 6.44. The molecule has 0 saturated carbocycles. The van der Waals surface area contributed by atoms with Crippen molar-refractivity contribution in [2.45, 2.75) is 31.6 Å². The highest BCUT2D eigenvalue weighted by molar-refractivity contribution is 7.26. The van der Waals surface area contributed by atoms with Crippen molar-refractivity contribution in [1.29, 1.82) is 0 Å². The second-order valence-corrected chi connectivity index (χ2v) is 17.3. The number of hydrogen-bond donors (Lipinski definition) is 0. The van der Waals surface area contributed by atoms with Crippen LogP contribution in [-0.4, -0.2) is 0 Å². The molecule has 2 aliphatic rings. The van der Waals surface area contributed by atoms with Crippen molar-refractivity contribution in [3.8, 4) is 22.3 Å². The van der Waals surface area contributed by atoms with Crippen LogP contribution in [0.4, 0.5) is 17.1 Å². The molecule has 3 heteroatoms. The van der Waals surface area contributed by atoms with Crippen molar-refractivity contribution < 1.29 is 4.42 Å². The van der Waals surface area contributed by atoms with Gasteiger partial charge in [0.1, 0.15) is 11.2 Å². The number of fused-ring (bicyclic) bond motifs is 12. The summed E-state index contributed by atoms with van der Waals surface area (Å²) in [6.45, 7) is 7.12. The molecule has 0 fully saturated rings. The molecule has 56 heavy (non-hydrogen) atoms. The van der Waals surface area contributed by atoms with Gasteiger partial charge in [-0.25, -0.2) is 0 Å². The summed E-state index contributed by atoms with van der Waals surface area (Å²) in [4.78, 5) is 2.46. The van der Waals surface area contributed by atoms with Crippen LogP contribution in [0.2, 0.25) is 0 Å². The van der Waals surface area contributed by atoms with E-state index in [0.717, 1.165) is 39.0 Å². The fourth-order valence-corrected chi connectivity index (χ4v) is 11.3. The molecule has 0 radical (unpaired) electrons. The summed E-state index contributed by atoms with van der Waals surface area (Å²) in [5, 5.41) is 4.81. The Bertz CT molecular complexity index is 3220. The third kappa shape index (κ3) is 4.21. The van der Waals surface area contributed by atoms with Gasteiger partial charge in [-0.05, 0) is 106 Å². The van der Waals surface area contributed by atoms with Crippen LogP contribution in [0.15, 0.2) is 174 Å². The van der Waals surface area contributed by atoms with Crippen molar-refractivity contribution in [3.05, 3.63) is 198 Å². The van der Waals surface area contributed by atoms with Crippen LogP contribution in [0.3, 0.4) is 0 Å². The van der Waals surface area contributed by atoms with Crippen LogP contribution < -0.4 is 4.90 Å². The predicted molar refractivity (Wildman–Crippen MR) is 236 cm³/mol. The molecule has 0 N–H and O–H groups in total. The standard InChI is InChI=1S/C53H37NOS/c1-52(2)42-17-8-4-13-35(42)38-27-24-33(30-45(38)52)54(34-25-28-40-39-16-7-11-21-47(39)55-48(40)31-34)46-20-12-22-49-51(46)41-26-23-32(29-50(41)56-49)53(3)43-18-9-5-14-36(43)37-15-6-10-19-44(37)53/h4-31H,1-3H3. The lowest BCUT2D eigenvalue weighted by atomic mass is 9.74. The topological polar surface area (TPSA) is 16.4 Å². The van der Waals surface area contributed by atoms with Crippen LogP contribution in [-0.2, 0) is 10.8 Å². The minimum atomic E-state index is -0.247. The SMILES string of the molecule is CC1(C)c2ccccc2-c2ccc(N(c3ccc4c(c3)oc3ccccc34)c3cccc4sc5cc(C6(C)c7ccccc7-c7ccccc76)ccc5c34)cc21. The number of para-hydroxylation sites is 1. The zero-order valence-corrected chi connectivity index (χ0v) is 32.2. The monoisotopic (exact) mass is 735 g/mol. The Morgan fingerprint density at radius 3 is 1.84 bits per heavy atom. The Labute approximate surface area is 329 Å². The zero-order chi connectivity index (χ0) is 37.3. The third-order valence-corrected chi connectivity index (χ3v) is 14.1. The summed E-state index contributed by atoms with van der Waals surface area (Å²) >= 11 is 1.89. The van der Waals surface area contributed by atoms with Gasteiger partial charge >= 0.3 is 0 Å². The second-order valence-electron chi connectivity index (χ2n) is 16.2. The van der Waals surface area contributed by atoms with Gasteiger partial charge in [-0.2, -0.15) is 0 Å². The molecule has 2 aliphatic carbocycles. The minimum Gasteiger partial charge on any atom is -0.456 e. The second kappa shape index (κ2) is 11.3. The molecule has 2 heterocycles. The Morgan fingerprint density at radius 1 is 0.446 bits per heavy atom. The lowest BCUT2D eigenvalue weighted by Crippen LogP contribution is -2.22. The number of anilines is 3. The number of benzene rings is 8. The highest BCUT2D eigenvalue weighted by atomic mass is 32.1. The van der Waals surface area contributed by atoms with Crippen LogP contribution in [0.1, 0.15) is 48.6 Å². The van der Waals surface area contributed by atoms with Crippen LogP contribution in [0.25, 0.3) is 64.4 Å². The first-order valence-corrected chi connectivity index (χ1v) is 20.3. The predicted octanol–water partition coefficient (Wildman–Crippen LogP) is 15.1. The fraction of sp³-hybridized carbons (Fsp3) is 0.0943. The summed E-state index contributed by atoms with van der Waals surface area (Å²) in [7, 11) is 0. The van der Waals surface area contributed by atoms with E-state index in [1.54, 1.807) is 0 Å². The van der Waals surface area contributed by atoms with Crippen molar-refractivity contribution >= 4 is 70.5 Å². The summed E-state index contributed by atoms with van der Waals surface area (Å²) in [5.41, 5.74) is 16.9. The molecule has 2 nitrogen and oxygen atoms in total. The summed E-state index contributed by atoms with van der Waals surface area (Å²) in [6, 6.07) is 62.9. The van der Waals surface area contributed by atoms with Crippen molar-refractivity contribution in [2.75, 3.05) is 4.90 Å². The molecular weight excluding hydrogens is 699 g/mol. The summed E-state index contributed by atoms with van der Waals surface area (Å²) in [5.74, 6) is 0. The molecule has 0 aliphatic heterocycles. The first-order valence-electron chi connectivity index (χ1n) is 19.5. The molecule has 10 aromatic rings. The highest BCUT2D eigenvalue weighted by Crippen LogP contribution is 2.55. The van der Waals surface area contributed by atoms with Gasteiger partial charge in [-0.15, -0.1) is 11.3 Å². The lowest BCUT2D eigenvalue weighted by molar-refractivity contribution is 0.660. The molecule has 0 spiro atoms. The molecule has 8 aromatic carbocycles. The number of thiophene rings is 1. The summed E-state index contributed by atoms with van der Waals surface area (Å²) in [6.07, 6.45) is 0. The maximum atomic E-state index is 6.50. The van der Waals surface area contributed by atoms with Crippen molar-refractivity contribution in [1.82, 2.24) is 0 Å². The molecule has 0 unspecified atom stereocenters. The average Bonchev–Trinajstić information content (AvgIpc) is 3.94. The Hall–Kier alpha value is -6.42. The van der Waals surface area contributed by atoms with Gasteiger partial charge in [-0.1, -0.05) is 129 Å². The van der Waals surface area contributed by atoms with Gasteiger partial charge in [0, 0.05) is 59.2 Å². The van der Waals surface area contributed by atoms with Gasteiger partial charge in [0.15, 0.2) is 0 Å². The molecule has 0 amide bonds. The molecule has 0 atom stereocenters. The van der Waals surface area contributed by atoms with Crippen LogP contribution in [0, 0.1) is 0 Å². The van der Waals surface area contributed by atoms with E-state index in [1.165, 1.54) is 70.2 Å². The van der Waals surface area contributed by atoms with E-state index in [-0.39, 0.29) is 10.8 Å². The Balaban J connectivity index is 1.08. The third-order valence-electron chi connectivity index (χ3n) is 13.0. The number of rotatable bonds is 4. The van der Waals surface area contributed by atoms with E-state index < -0.39 is 0 Å². The highest BCUT2D eigenvalue weighted by Gasteiger charge is 2.41. The fourth-order valence-electron chi connectivity index (χ4n) is 10.2. The van der Waals surface area contributed by atoms with Gasteiger partial charge in [0.25, 0.3) is 0 Å². The van der Waals surface area contributed by atoms with E-state index >= 15 is 0 Å². The normalized spacial score (nSPS) is 14.6. The molecule has 2 aromatic heterocycles. The molecule has 12 rings (SSSR count). The first-order chi connectivity index (χ1) is 27.4. The van der Waals surface area contributed by atoms with Crippen molar-refractivity contribution in [2.24, 2.45) is 0 Å². The number of nitrogens with zero attached hydrogens (tertiary/aromatic N) is 1. The molecule has 0 saturated heterocycles. The molecule has 0 bridgehead atoms. The largest absolute Gasteiger partial charge is 0.456 e. The van der Waals surface area contributed by atoms with E-state index in [2.05, 4.69) is 189 Å². The molecular formula is C53H37NOS. The molecule has 266 valence electrons. The summed E-state index contributed by atoms with van der Waals surface area (Å²) < 4.78 is 9.08. The smallest absolute Gasteiger partial charge is 0.137 e. The van der Waals surface area contributed by atoms with E-state index in [1.807, 2.05) is 17.4 Å². The lowest BCUT2D eigenvalue weighted by Gasteiger charge is -2.29. The van der Waals surface area contributed by atoms with Crippen LogP contribution in [0.5, 0.6) is 0 Å². The van der Waals surface area contributed by atoms with Gasteiger partial charge in [0.05, 0.1) is 5.69 Å². The Morgan fingerprint density at radius 2 is 1.05 bits per heavy atom. The maximum Gasteiger partial charge on any atom is 0.137 e.